The van der Waals surface area contributed by atoms with Gasteiger partial charge in [0.15, 0.2) is 5.69 Å². The molecule has 1 saturated carbocycles. The van der Waals surface area contributed by atoms with Crippen molar-refractivity contribution >= 4 is 22.9 Å². The average Bonchev–Trinajstić information content (AvgIpc) is 3.26. The fourth-order valence-corrected chi connectivity index (χ4v) is 2.96. The third-order valence-corrected chi connectivity index (χ3v) is 4.43. The number of aromatic nitrogens is 4. The Balaban J connectivity index is 1.56. The van der Waals surface area contributed by atoms with Crippen LogP contribution in [0.2, 0.25) is 0 Å². The Labute approximate surface area is 146 Å². The van der Waals surface area contributed by atoms with Crippen LogP contribution < -0.4 is 5.32 Å². The maximum Gasteiger partial charge on any atom is 0.435 e. The number of aryl methyl sites for hydroxylation is 1. The zero-order valence-corrected chi connectivity index (χ0v) is 13.9. The fraction of sp³-hybridized carbons (Fsp3) is 0.353. The van der Waals surface area contributed by atoms with Crippen molar-refractivity contribution in [1.29, 1.82) is 0 Å². The van der Waals surface area contributed by atoms with Gasteiger partial charge in [-0.1, -0.05) is 12.1 Å². The first-order valence-electron chi connectivity index (χ1n) is 8.19. The van der Waals surface area contributed by atoms with Gasteiger partial charge in [-0.15, -0.1) is 0 Å². The number of benzene rings is 1. The molecular weight excluding hydrogens is 347 g/mol. The molecule has 4 rings (SSSR count). The van der Waals surface area contributed by atoms with E-state index in [1.54, 1.807) is 11.6 Å². The Morgan fingerprint density at radius 3 is 2.69 bits per heavy atom. The summed E-state index contributed by atoms with van der Waals surface area (Å²) in [6.07, 6.45) is -2.90. The second-order valence-corrected chi connectivity index (χ2v) is 6.42. The predicted molar refractivity (Wildman–Crippen MR) is 88.5 cm³/mol. The number of alkyl halides is 3. The number of fused-ring (bicyclic) bond motifs is 1. The predicted octanol–water partition coefficient (Wildman–Crippen LogP) is 3.30. The highest BCUT2D eigenvalue weighted by Gasteiger charge is 2.38. The Morgan fingerprint density at radius 1 is 1.31 bits per heavy atom. The molecule has 1 fully saturated rings. The van der Waals surface area contributed by atoms with Crippen LogP contribution >= 0.6 is 0 Å². The van der Waals surface area contributed by atoms with Crippen LogP contribution in [0.5, 0.6) is 0 Å². The molecule has 0 aliphatic heterocycles. The summed E-state index contributed by atoms with van der Waals surface area (Å²) in [4.78, 5) is 16.7. The first-order chi connectivity index (χ1) is 12.3. The Kier molecular flexibility index (Phi) is 3.74. The van der Waals surface area contributed by atoms with Crippen molar-refractivity contribution in [2.24, 2.45) is 7.05 Å². The SMILES string of the molecule is Cn1c(NC(=O)Cn2nc(C(F)(F)F)cc2C2CC2)nc2ccccc21. The van der Waals surface area contributed by atoms with Gasteiger partial charge in [0, 0.05) is 18.7 Å². The third-order valence-electron chi connectivity index (χ3n) is 4.43. The van der Waals surface area contributed by atoms with Gasteiger partial charge in [-0.25, -0.2) is 4.98 Å². The highest BCUT2D eigenvalue weighted by Crippen LogP contribution is 2.42. The Bertz CT molecular complexity index is 984. The van der Waals surface area contributed by atoms with E-state index < -0.39 is 17.8 Å². The molecule has 0 spiro atoms. The molecule has 0 bridgehead atoms. The van der Waals surface area contributed by atoms with Gasteiger partial charge in [-0.05, 0) is 31.0 Å². The van der Waals surface area contributed by atoms with Gasteiger partial charge < -0.3 is 4.57 Å². The number of halogens is 3. The lowest BCUT2D eigenvalue weighted by molar-refractivity contribution is -0.141. The molecule has 1 aromatic carbocycles. The summed E-state index contributed by atoms with van der Waals surface area (Å²) in [5, 5.41) is 6.25. The molecule has 2 aromatic heterocycles. The maximum absolute atomic E-state index is 12.9. The average molecular weight is 363 g/mol. The largest absolute Gasteiger partial charge is 0.435 e. The van der Waals surface area contributed by atoms with Crippen molar-refractivity contribution in [2.45, 2.75) is 31.5 Å². The van der Waals surface area contributed by atoms with Crippen molar-refractivity contribution in [3.8, 4) is 0 Å². The molecule has 1 aliphatic carbocycles. The maximum atomic E-state index is 12.9. The minimum absolute atomic E-state index is 0.0437. The van der Waals surface area contributed by atoms with E-state index >= 15 is 0 Å². The van der Waals surface area contributed by atoms with Crippen LogP contribution in [-0.2, 0) is 24.6 Å². The smallest absolute Gasteiger partial charge is 0.313 e. The van der Waals surface area contributed by atoms with E-state index in [4.69, 9.17) is 0 Å². The molecule has 0 radical (unpaired) electrons. The van der Waals surface area contributed by atoms with Gasteiger partial charge >= 0.3 is 6.18 Å². The molecule has 3 aromatic rings. The highest BCUT2D eigenvalue weighted by molar-refractivity contribution is 5.91. The number of amides is 1. The number of imidazole rings is 1. The molecule has 0 saturated heterocycles. The first kappa shape index (κ1) is 16.6. The van der Waals surface area contributed by atoms with Crippen molar-refractivity contribution in [1.82, 2.24) is 19.3 Å². The lowest BCUT2D eigenvalue weighted by Gasteiger charge is -2.08. The molecule has 1 N–H and O–H groups in total. The van der Waals surface area contributed by atoms with E-state index in [1.807, 2.05) is 24.3 Å². The van der Waals surface area contributed by atoms with Crippen molar-refractivity contribution < 1.29 is 18.0 Å². The topological polar surface area (TPSA) is 64.7 Å². The van der Waals surface area contributed by atoms with E-state index in [1.165, 1.54) is 0 Å². The molecule has 9 heteroatoms. The summed E-state index contributed by atoms with van der Waals surface area (Å²) in [7, 11) is 1.76. The van der Waals surface area contributed by atoms with Crippen LogP contribution in [-0.4, -0.2) is 25.2 Å². The minimum atomic E-state index is -4.53. The molecule has 2 heterocycles. The summed E-state index contributed by atoms with van der Waals surface area (Å²) in [6.45, 7) is -0.287. The molecule has 1 amide bonds. The molecular formula is C17H16F3N5O. The van der Waals surface area contributed by atoms with Crippen molar-refractivity contribution in [2.75, 3.05) is 5.32 Å². The van der Waals surface area contributed by atoms with E-state index in [2.05, 4.69) is 15.4 Å². The summed E-state index contributed by atoms with van der Waals surface area (Å²) < 4.78 is 41.7. The second kappa shape index (κ2) is 5.86. The molecule has 26 heavy (non-hydrogen) atoms. The van der Waals surface area contributed by atoms with Crippen LogP contribution in [0, 0.1) is 0 Å². The van der Waals surface area contributed by atoms with Crippen LogP contribution in [0.4, 0.5) is 19.1 Å². The van der Waals surface area contributed by atoms with E-state index in [-0.39, 0.29) is 12.5 Å². The summed E-state index contributed by atoms with van der Waals surface area (Å²) in [6, 6.07) is 8.43. The van der Waals surface area contributed by atoms with Gasteiger partial charge in [0.05, 0.1) is 11.0 Å². The number of rotatable bonds is 4. The number of nitrogens with one attached hydrogen (secondary N) is 1. The van der Waals surface area contributed by atoms with Crippen LogP contribution in [0.15, 0.2) is 30.3 Å². The molecule has 0 unspecified atom stereocenters. The van der Waals surface area contributed by atoms with E-state index in [9.17, 15) is 18.0 Å². The normalized spacial score (nSPS) is 14.8. The second-order valence-electron chi connectivity index (χ2n) is 6.42. The summed E-state index contributed by atoms with van der Waals surface area (Å²) in [5.74, 6) is -0.0864. The minimum Gasteiger partial charge on any atom is -0.313 e. The number of nitrogens with zero attached hydrogens (tertiary/aromatic N) is 4. The van der Waals surface area contributed by atoms with Crippen molar-refractivity contribution in [3.63, 3.8) is 0 Å². The lowest BCUT2D eigenvalue weighted by atomic mass is 10.2. The number of hydrogen-bond acceptors (Lipinski definition) is 3. The van der Waals surface area contributed by atoms with Crippen LogP contribution in [0.25, 0.3) is 11.0 Å². The molecule has 136 valence electrons. The van der Waals surface area contributed by atoms with E-state index in [0.717, 1.165) is 34.6 Å². The number of para-hydroxylation sites is 2. The quantitative estimate of drug-likeness (QED) is 0.774. The summed E-state index contributed by atoms with van der Waals surface area (Å²) in [5.41, 5.74) is 1.06. The highest BCUT2D eigenvalue weighted by atomic mass is 19.4. The van der Waals surface area contributed by atoms with Crippen LogP contribution in [0.1, 0.15) is 30.1 Å². The number of hydrogen-bond donors (Lipinski definition) is 1. The lowest BCUT2D eigenvalue weighted by Crippen LogP contribution is -2.22. The number of carbonyl (C=O) groups excluding carboxylic acids is 1. The molecule has 6 nitrogen and oxygen atoms in total. The van der Waals surface area contributed by atoms with Gasteiger partial charge in [0.1, 0.15) is 6.54 Å². The van der Waals surface area contributed by atoms with Crippen LogP contribution in [0.3, 0.4) is 0 Å². The summed E-state index contributed by atoms with van der Waals surface area (Å²) >= 11 is 0. The Hall–Kier alpha value is -2.84. The zero-order chi connectivity index (χ0) is 18.5. The molecule has 1 aliphatic rings. The number of carbonyl (C=O) groups is 1. The van der Waals surface area contributed by atoms with Gasteiger partial charge in [-0.2, -0.15) is 18.3 Å². The number of anilines is 1. The fourth-order valence-electron chi connectivity index (χ4n) is 2.96. The van der Waals surface area contributed by atoms with Gasteiger partial charge in [-0.3, -0.25) is 14.8 Å². The van der Waals surface area contributed by atoms with Gasteiger partial charge in [0.25, 0.3) is 0 Å². The van der Waals surface area contributed by atoms with Gasteiger partial charge in [0.2, 0.25) is 11.9 Å². The van der Waals surface area contributed by atoms with E-state index in [0.29, 0.717) is 11.6 Å². The standard InChI is InChI=1S/C17H16F3N5O/c1-24-12-5-3-2-4-11(12)21-16(24)22-15(26)9-25-13(10-6-7-10)8-14(23-25)17(18,19)20/h2-5,8,10H,6-7,9H2,1H3,(H,21,22,26). The molecule has 0 atom stereocenters. The van der Waals surface area contributed by atoms with Crippen molar-refractivity contribution in [3.05, 3.63) is 41.7 Å². The monoisotopic (exact) mass is 363 g/mol. The first-order valence-corrected chi connectivity index (χ1v) is 8.19. The zero-order valence-electron chi connectivity index (χ0n) is 13.9. The Morgan fingerprint density at radius 2 is 2.04 bits per heavy atom. The third kappa shape index (κ3) is 3.04.